The number of pyridine rings is 1. The molecule has 2 saturated heterocycles. The Bertz CT molecular complexity index is 2450. The average Bonchev–Trinajstić information content (AvgIpc) is 3.70. The van der Waals surface area contributed by atoms with Crippen molar-refractivity contribution in [1.29, 1.82) is 0 Å². The van der Waals surface area contributed by atoms with E-state index in [-0.39, 0.29) is 41.4 Å². The van der Waals surface area contributed by atoms with Crippen LogP contribution in [0.25, 0.3) is 16.8 Å². The summed E-state index contributed by atoms with van der Waals surface area (Å²) in [4.78, 5) is 55.2. The summed E-state index contributed by atoms with van der Waals surface area (Å²) in [6.07, 6.45) is 5.17. The van der Waals surface area contributed by atoms with Crippen LogP contribution in [0.1, 0.15) is 82.8 Å². The summed E-state index contributed by atoms with van der Waals surface area (Å²) < 4.78 is 28.3. The quantitative estimate of drug-likeness (QED) is 0.133. The van der Waals surface area contributed by atoms with E-state index in [2.05, 4.69) is 63.9 Å². The molecule has 5 aromatic rings. The number of morpholine rings is 1. The van der Waals surface area contributed by atoms with Crippen molar-refractivity contribution in [3.8, 4) is 22.8 Å². The predicted octanol–water partition coefficient (Wildman–Crippen LogP) is 5.28. The maximum Gasteiger partial charge on any atom is 0.257 e. The highest BCUT2D eigenvalue weighted by atomic mass is 19.1. The van der Waals surface area contributed by atoms with Gasteiger partial charge in [0.2, 0.25) is 11.8 Å². The molecule has 15 nitrogen and oxygen atoms in total. The van der Waals surface area contributed by atoms with E-state index in [0.717, 1.165) is 87.1 Å². The summed E-state index contributed by atoms with van der Waals surface area (Å²) in [7, 11) is 0. The van der Waals surface area contributed by atoms with Gasteiger partial charge in [-0.3, -0.25) is 29.1 Å². The van der Waals surface area contributed by atoms with Crippen molar-refractivity contribution >= 4 is 23.4 Å². The molecule has 0 spiro atoms. The van der Waals surface area contributed by atoms with Crippen molar-refractivity contribution in [2.75, 3.05) is 59.0 Å². The molecule has 3 N–H and O–H groups in total. The maximum atomic E-state index is 14.7. The number of carbonyl (C=O) groups excluding carboxylic acids is 3. The smallest absolute Gasteiger partial charge is 0.257 e. The second-order valence-corrected chi connectivity index (χ2v) is 17.6. The van der Waals surface area contributed by atoms with Crippen molar-refractivity contribution in [2.45, 2.75) is 84.6 Å². The minimum Gasteiger partial charge on any atom is -0.438 e. The largest absolute Gasteiger partial charge is 0.438 e. The SMILES string of the molecule is Cc1cc(C)n2ncc(C(=O)N[C@H]3CC[C@H](NC(=O)c4cc(F)cnc4Oc4cccc(-c5ccc(CN6CCN(CC(=O)NC(C)C)CC6)cc5CN5CCOCC5)c4)CC3)c2n1. The Hall–Kier alpha value is -5.81. The normalized spacial score (nSPS) is 18.8. The lowest BCUT2D eigenvalue weighted by atomic mass is 9.91. The van der Waals surface area contributed by atoms with Gasteiger partial charge in [-0.15, -0.1) is 0 Å². The van der Waals surface area contributed by atoms with Gasteiger partial charge in [0.05, 0.1) is 32.2 Å². The molecular weight excluding hydrogens is 816 g/mol. The van der Waals surface area contributed by atoms with E-state index in [4.69, 9.17) is 9.47 Å². The molecule has 0 unspecified atom stereocenters. The molecule has 0 bridgehead atoms. The number of carbonyl (C=O) groups is 3. The van der Waals surface area contributed by atoms with Gasteiger partial charge in [-0.2, -0.15) is 5.10 Å². The number of piperazine rings is 1. The Morgan fingerprint density at radius 2 is 1.50 bits per heavy atom. The average molecular weight is 875 g/mol. The number of aryl methyl sites for hydroxylation is 2. The standard InChI is InChI=1S/C48H59FN10O5/c1-31(2)52-44(60)30-57-16-14-56(15-17-57)28-34-8-13-41(36(23-34)29-58-18-20-63-21-19-58)35-6-5-7-40(24-35)64-48-42(25-37(49)26-50-48)46(61)54-38-9-11-39(12-10-38)55-47(62)43-27-51-59-33(4)22-32(3)53-45(43)59/h5-8,13,22-27,31,38-39H,9-12,14-21,28-30H2,1-4H3,(H,52,60)(H,54,61)(H,55,62)/t38-,39-. The van der Waals surface area contributed by atoms with Crippen LogP contribution in [0.3, 0.4) is 0 Å². The molecule has 64 heavy (non-hydrogen) atoms. The van der Waals surface area contributed by atoms with E-state index in [9.17, 15) is 18.8 Å². The zero-order chi connectivity index (χ0) is 44.7. The van der Waals surface area contributed by atoms with Crippen molar-refractivity contribution < 1.29 is 28.2 Å². The van der Waals surface area contributed by atoms with Gasteiger partial charge in [0.25, 0.3) is 11.8 Å². The zero-order valence-corrected chi connectivity index (χ0v) is 37.2. The van der Waals surface area contributed by atoms with Gasteiger partial charge in [0, 0.05) is 81.9 Å². The molecule has 3 fully saturated rings. The van der Waals surface area contributed by atoms with Crippen molar-refractivity contribution in [3.63, 3.8) is 0 Å². The fraction of sp³-hybridized carbons (Fsp3) is 0.458. The van der Waals surface area contributed by atoms with Crippen LogP contribution in [-0.4, -0.2) is 129 Å². The molecule has 3 aliphatic rings. The first kappa shape index (κ1) is 44.8. The van der Waals surface area contributed by atoms with Crippen LogP contribution in [0, 0.1) is 19.7 Å². The van der Waals surface area contributed by atoms with E-state index in [1.165, 1.54) is 11.1 Å². The Kier molecular flexibility index (Phi) is 14.2. The number of ether oxygens (including phenoxy) is 2. The lowest BCUT2D eigenvalue weighted by Gasteiger charge is -2.34. The van der Waals surface area contributed by atoms with E-state index >= 15 is 0 Å². The van der Waals surface area contributed by atoms with E-state index in [0.29, 0.717) is 62.4 Å². The number of nitrogens with zero attached hydrogens (tertiary/aromatic N) is 7. The van der Waals surface area contributed by atoms with Crippen LogP contribution < -0.4 is 20.7 Å². The molecule has 1 aliphatic carbocycles. The van der Waals surface area contributed by atoms with Gasteiger partial charge in [-0.05, 0) is 99.9 Å². The van der Waals surface area contributed by atoms with E-state index in [1.54, 1.807) is 16.8 Å². The third-order valence-corrected chi connectivity index (χ3v) is 12.2. The number of halogens is 1. The summed E-state index contributed by atoms with van der Waals surface area (Å²) in [5, 5.41) is 13.5. The molecule has 3 amide bonds. The molecule has 2 aromatic carbocycles. The molecule has 0 atom stereocenters. The molecule has 8 rings (SSSR count). The second-order valence-electron chi connectivity index (χ2n) is 17.6. The number of fused-ring (bicyclic) bond motifs is 1. The summed E-state index contributed by atoms with van der Waals surface area (Å²) >= 11 is 0. The minimum absolute atomic E-state index is 0.00372. The van der Waals surface area contributed by atoms with Crippen LogP contribution in [0.4, 0.5) is 4.39 Å². The molecule has 5 heterocycles. The zero-order valence-electron chi connectivity index (χ0n) is 37.2. The highest BCUT2D eigenvalue weighted by Crippen LogP contribution is 2.32. The van der Waals surface area contributed by atoms with Crippen LogP contribution >= 0.6 is 0 Å². The fourth-order valence-electron chi connectivity index (χ4n) is 8.94. The summed E-state index contributed by atoms with van der Waals surface area (Å²) in [5.74, 6) is -0.803. The van der Waals surface area contributed by atoms with Crippen molar-refractivity contribution in [1.82, 2.24) is 50.2 Å². The number of aromatic nitrogens is 4. The van der Waals surface area contributed by atoms with E-state index < -0.39 is 11.7 Å². The predicted molar refractivity (Wildman–Crippen MR) is 241 cm³/mol. The Morgan fingerprint density at radius 1 is 0.812 bits per heavy atom. The number of amides is 3. The van der Waals surface area contributed by atoms with Crippen LogP contribution in [0.15, 0.2) is 67.0 Å². The van der Waals surface area contributed by atoms with Gasteiger partial charge < -0.3 is 25.4 Å². The molecule has 2 aliphatic heterocycles. The first-order valence-corrected chi connectivity index (χ1v) is 22.5. The highest BCUT2D eigenvalue weighted by Gasteiger charge is 2.28. The number of hydrogen-bond acceptors (Lipinski definition) is 11. The number of rotatable bonds is 14. The summed E-state index contributed by atoms with van der Waals surface area (Å²) in [5.41, 5.74) is 7.08. The maximum absolute atomic E-state index is 14.7. The molecule has 0 radical (unpaired) electrons. The minimum atomic E-state index is -0.644. The lowest BCUT2D eigenvalue weighted by Crippen LogP contribution is -2.49. The van der Waals surface area contributed by atoms with Gasteiger partial charge in [-0.25, -0.2) is 18.9 Å². The van der Waals surface area contributed by atoms with Crippen molar-refractivity contribution in [3.05, 3.63) is 106 Å². The van der Waals surface area contributed by atoms with E-state index in [1.807, 2.05) is 52.0 Å². The molecule has 16 heteroatoms. The molecule has 3 aromatic heterocycles. The van der Waals surface area contributed by atoms with Gasteiger partial charge in [0.15, 0.2) is 5.65 Å². The summed E-state index contributed by atoms with van der Waals surface area (Å²) in [6, 6.07) is 17.3. The van der Waals surface area contributed by atoms with Crippen LogP contribution in [0.5, 0.6) is 11.6 Å². The van der Waals surface area contributed by atoms with Crippen LogP contribution in [-0.2, 0) is 22.6 Å². The first-order chi connectivity index (χ1) is 30.9. The first-order valence-electron chi connectivity index (χ1n) is 22.5. The second kappa shape index (κ2) is 20.4. The monoisotopic (exact) mass is 874 g/mol. The molecule has 1 saturated carbocycles. The highest BCUT2D eigenvalue weighted by molar-refractivity contribution is 6.00. The number of hydrogen-bond donors (Lipinski definition) is 3. The molecule has 338 valence electrons. The Morgan fingerprint density at radius 3 is 2.22 bits per heavy atom. The summed E-state index contributed by atoms with van der Waals surface area (Å²) in [6.45, 7) is 16.3. The lowest BCUT2D eigenvalue weighted by molar-refractivity contribution is -0.123. The topological polar surface area (TPSA) is 159 Å². The fourth-order valence-corrected chi connectivity index (χ4v) is 8.94. The van der Waals surface area contributed by atoms with Gasteiger partial charge >= 0.3 is 0 Å². The Labute approximate surface area is 373 Å². The number of nitrogens with one attached hydrogen (secondary N) is 3. The third-order valence-electron chi connectivity index (χ3n) is 12.2. The Balaban J connectivity index is 0.910. The third kappa shape index (κ3) is 11.3. The van der Waals surface area contributed by atoms with Gasteiger partial charge in [0.1, 0.15) is 22.7 Å². The van der Waals surface area contributed by atoms with Crippen LogP contribution in [0.2, 0.25) is 0 Å². The molecular formula is C48H59FN10O5. The van der Waals surface area contributed by atoms with Crippen molar-refractivity contribution in [2.24, 2.45) is 0 Å². The van der Waals surface area contributed by atoms with Gasteiger partial charge in [-0.1, -0.05) is 30.3 Å². The number of benzene rings is 2.